The predicted molar refractivity (Wildman–Crippen MR) is 112 cm³/mol. The summed E-state index contributed by atoms with van der Waals surface area (Å²) in [5, 5.41) is 11.9. The number of benzene rings is 1. The summed E-state index contributed by atoms with van der Waals surface area (Å²) in [5.74, 6) is 1.67. The number of ether oxygens (including phenoxy) is 1. The Kier molecular flexibility index (Phi) is 6.07. The maximum absolute atomic E-state index is 12.7. The zero-order valence-corrected chi connectivity index (χ0v) is 17.3. The van der Waals surface area contributed by atoms with Gasteiger partial charge in [0, 0.05) is 43.8 Å². The van der Waals surface area contributed by atoms with Crippen molar-refractivity contribution in [3.63, 3.8) is 0 Å². The van der Waals surface area contributed by atoms with Crippen LogP contribution in [0.5, 0.6) is 0 Å². The largest absolute Gasteiger partial charge is 0.376 e. The highest BCUT2D eigenvalue weighted by molar-refractivity contribution is 9.10. The van der Waals surface area contributed by atoms with Gasteiger partial charge in [-0.2, -0.15) is 0 Å². The molecule has 7 nitrogen and oxygen atoms in total. The topological polar surface area (TPSA) is 70.6 Å². The Morgan fingerprint density at radius 1 is 1.14 bits per heavy atom. The van der Waals surface area contributed by atoms with Crippen LogP contribution in [0.2, 0.25) is 0 Å². The van der Waals surface area contributed by atoms with Crippen molar-refractivity contribution in [3.05, 3.63) is 46.4 Å². The molecule has 1 atom stereocenters. The lowest BCUT2D eigenvalue weighted by atomic mass is 10.2. The Labute approximate surface area is 173 Å². The van der Waals surface area contributed by atoms with E-state index in [2.05, 4.69) is 36.3 Å². The van der Waals surface area contributed by atoms with E-state index in [-0.39, 0.29) is 12.0 Å². The van der Waals surface area contributed by atoms with E-state index in [0.29, 0.717) is 18.7 Å². The highest BCUT2D eigenvalue weighted by atomic mass is 79.9. The number of hydrogen-bond donors (Lipinski definition) is 1. The molecule has 1 amide bonds. The van der Waals surface area contributed by atoms with Crippen molar-refractivity contribution >= 4 is 33.5 Å². The van der Waals surface area contributed by atoms with Gasteiger partial charge in [-0.15, -0.1) is 10.2 Å². The number of nitrogens with zero attached hydrogens (tertiary/aromatic N) is 4. The van der Waals surface area contributed by atoms with Crippen LogP contribution < -0.4 is 10.2 Å². The van der Waals surface area contributed by atoms with Crippen LogP contribution in [-0.4, -0.2) is 66.4 Å². The first-order chi connectivity index (χ1) is 13.7. The Bertz CT molecular complexity index is 802. The smallest absolute Gasteiger partial charge is 0.255 e. The second kappa shape index (κ2) is 8.87. The Morgan fingerprint density at radius 3 is 2.64 bits per heavy atom. The van der Waals surface area contributed by atoms with Crippen molar-refractivity contribution < 1.29 is 9.53 Å². The van der Waals surface area contributed by atoms with Crippen LogP contribution in [0.1, 0.15) is 23.2 Å². The van der Waals surface area contributed by atoms with E-state index in [1.165, 1.54) is 0 Å². The molecule has 1 aromatic heterocycles. The molecule has 0 bridgehead atoms. The molecule has 148 valence electrons. The second-order valence-corrected chi connectivity index (χ2v) is 7.91. The molecule has 2 aliphatic heterocycles. The summed E-state index contributed by atoms with van der Waals surface area (Å²) < 4.78 is 6.44. The lowest BCUT2D eigenvalue weighted by molar-refractivity contribution is 0.0745. The van der Waals surface area contributed by atoms with E-state index in [0.717, 1.165) is 55.2 Å². The SMILES string of the molecule is O=C(c1ccccc1Br)N1CCN(c2ccc(NCC3CCCO3)nn2)CC1. The van der Waals surface area contributed by atoms with Gasteiger partial charge in [-0.3, -0.25) is 4.79 Å². The van der Waals surface area contributed by atoms with Gasteiger partial charge in [0.2, 0.25) is 0 Å². The molecule has 0 aliphatic carbocycles. The first kappa shape index (κ1) is 19.1. The number of amides is 1. The van der Waals surface area contributed by atoms with Gasteiger partial charge in [-0.1, -0.05) is 12.1 Å². The number of aromatic nitrogens is 2. The van der Waals surface area contributed by atoms with E-state index >= 15 is 0 Å². The quantitative estimate of drug-likeness (QED) is 0.762. The fourth-order valence-electron chi connectivity index (χ4n) is 3.56. The molecule has 0 saturated carbocycles. The van der Waals surface area contributed by atoms with Gasteiger partial charge in [0.1, 0.15) is 5.82 Å². The van der Waals surface area contributed by atoms with Crippen molar-refractivity contribution in [1.29, 1.82) is 0 Å². The van der Waals surface area contributed by atoms with E-state index in [4.69, 9.17) is 4.74 Å². The number of carbonyl (C=O) groups excluding carboxylic acids is 1. The number of rotatable bonds is 5. The summed E-state index contributed by atoms with van der Waals surface area (Å²) in [4.78, 5) is 16.8. The van der Waals surface area contributed by atoms with Crippen LogP contribution in [0.4, 0.5) is 11.6 Å². The number of hydrogen-bond acceptors (Lipinski definition) is 6. The minimum absolute atomic E-state index is 0.0619. The van der Waals surface area contributed by atoms with E-state index in [9.17, 15) is 4.79 Å². The molecular weight excluding hydrogens is 422 g/mol. The van der Waals surface area contributed by atoms with Crippen LogP contribution >= 0.6 is 15.9 Å². The average Bonchev–Trinajstić information content (AvgIpc) is 3.26. The van der Waals surface area contributed by atoms with Gasteiger partial charge in [0.15, 0.2) is 5.82 Å². The van der Waals surface area contributed by atoms with Crippen LogP contribution in [0, 0.1) is 0 Å². The van der Waals surface area contributed by atoms with Crippen molar-refractivity contribution in [2.24, 2.45) is 0 Å². The summed E-state index contributed by atoms with van der Waals surface area (Å²) in [6.45, 7) is 4.44. The molecule has 1 unspecified atom stereocenters. The van der Waals surface area contributed by atoms with Gasteiger partial charge in [-0.25, -0.2) is 0 Å². The van der Waals surface area contributed by atoms with Gasteiger partial charge < -0.3 is 19.9 Å². The van der Waals surface area contributed by atoms with Crippen molar-refractivity contribution in [2.75, 3.05) is 49.5 Å². The zero-order chi connectivity index (χ0) is 19.3. The minimum Gasteiger partial charge on any atom is -0.376 e. The number of piperazine rings is 1. The molecular formula is C20H24BrN5O2. The molecule has 2 saturated heterocycles. The second-order valence-electron chi connectivity index (χ2n) is 7.05. The Balaban J connectivity index is 1.29. The van der Waals surface area contributed by atoms with Gasteiger partial charge in [0.05, 0.1) is 11.7 Å². The summed E-state index contributed by atoms with van der Waals surface area (Å²) >= 11 is 3.46. The summed E-state index contributed by atoms with van der Waals surface area (Å²) in [6.07, 6.45) is 2.50. The third-order valence-electron chi connectivity index (χ3n) is 5.18. The number of halogens is 1. The molecule has 1 N–H and O–H groups in total. The third-order valence-corrected chi connectivity index (χ3v) is 5.87. The molecule has 2 aromatic rings. The normalized spacial score (nSPS) is 19.7. The standard InChI is InChI=1S/C20H24BrN5O2/c21-17-6-2-1-5-16(17)20(27)26-11-9-25(10-12-26)19-8-7-18(23-24-19)22-14-15-4-3-13-28-15/h1-2,5-8,15H,3-4,9-14H2,(H,22,23). The number of nitrogens with one attached hydrogen (secondary N) is 1. The van der Waals surface area contributed by atoms with Crippen LogP contribution in [-0.2, 0) is 4.74 Å². The highest BCUT2D eigenvalue weighted by Gasteiger charge is 2.24. The predicted octanol–water partition coefficient (Wildman–Crippen LogP) is 2.79. The first-order valence-corrected chi connectivity index (χ1v) is 10.5. The minimum atomic E-state index is 0.0619. The summed E-state index contributed by atoms with van der Waals surface area (Å²) in [5.41, 5.74) is 0.706. The first-order valence-electron chi connectivity index (χ1n) is 9.68. The fourth-order valence-corrected chi connectivity index (χ4v) is 4.01. The molecule has 4 rings (SSSR count). The van der Waals surface area contributed by atoms with Crippen LogP contribution in [0.3, 0.4) is 0 Å². The Morgan fingerprint density at radius 2 is 1.96 bits per heavy atom. The van der Waals surface area contributed by atoms with E-state index in [1.807, 2.05) is 41.3 Å². The maximum atomic E-state index is 12.7. The lowest BCUT2D eigenvalue weighted by Gasteiger charge is -2.35. The molecule has 28 heavy (non-hydrogen) atoms. The molecule has 3 heterocycles. The van der Waals surface area contributed by atoms with Gasteiger partial charge >= 0.3 is 0 Å². The van der Waals surface area contributed by atoms with Crippen LogP contribution in [0.25, 0.3) is 0 Å². The van der Waals surface area contributed by atoms with Crippen molar-refractivity contribution in [1.82, 2.24) is 15.1 Å². The molecule has 0 spiro atoms. The fraction of sp³-hybridized carbons (Fsp3) is 0.450. The van der Waals surface area contributed by atoms with E-state index in [1.54, 1.807) is 0 Å². The Hall–Kier alpha value is -2.19. The molecule has 2 fully saturated rings. The maximum Gasteiger partial charge on any atom is 0.255 e. The highest BCUT2D eigenvalue weighted by Crippen LogP contribution is 2.20. The number of carbonyl (C=O) groups is 1. The molecule has 1 aromatic carbocycles. The molecule has 8 heteroatoms. The van der Waals surface area contributed by atoms with Gasteiger partial charge in [-0.05, 0) is 53.0 Å². The summed E-state index contributed by atoms with van der Waals surface area (Å²) in [7, 11) is 0. The van der Waals surface area contributed by atoms with Crippen LogP contribution in [0.15, 0.2) is 40.9 Å². The average molecular weight is 446 g/mol. The zero-order valence-electron chi connectivity index (χ0n) is 15.7. The lowest BCUT2D eigenvalue weighted by Crippen LogP contribution is -2.49. The number of anilines is 2. The molecule has 2 aliphatic rings. The van der Waals surface area contributed by atoms with Crippen molar-refractivity contribution in [3.8, 4) is 0 Å². The van der Waals surface area contributed by atoms with E-state index < -0.39 is 0 Å². The third kappa shape index (κ3) is 4.44. The van der Waals surface area contributed by atoms with Crippen molar-refractivity contribution in [2.45, 2.75) is 18.9 Å². The summed E-state index contributed by atoms with van der Waals surface area (Å²) in [6, 6.07) is 11.5. The molecule has 0 radical (unpaired) electrons. The van der Waals surface area contributed by atoms with Gasteiger partial charge in [0.25, 0.3) is 5.91 Å². The monoisotopic (exact) mass is 445 g/mol.